The first-order chi connectivity index (χ1) is 12.7. The fourth-order valence-corrected chi connectivity index (χ4v) is 3.77. The van der Waals surface area contributed by atoms with Gasteiger partial charge < -0.3 is 20.9 Å². The first kappa shape index (κ1) is 24.1. The summed E-state index contributed by atoms with van der Waals surface area (Å²) in [7, 11) is 1.77. The molecule has 1 saturated heterocycles. The number of nitrogens with one attached hydrogen (secondary N) is 3. The minimum absolute atomic E-state index is 0. The zero-order chi connectivity index (χ0) is 18.6. The Balaban J connectivity index is 0.00000364. The number of hydrogen-bond donors (Lipinski definition) is 3. The molecular formula is C18H33IN6OS. The Hall–Kier alpha value is -0.940. The number of halogens is 1. The Morgan fingerprint density at radius 1 is 1.15 bits per heavy atom. The summed E-state index contributed by atoms with van der Waals surface area (Å²) >= 11 is 1.37. The number of likely N-dealkylation sites (tertiary alicyclic amines) is 1. The molecule has 0 atom stereocenters. The molecule has 1 amide bonds. The van der Waals surface area contributed by atoms with Gasteiger partial charge in [0.2, 0.25) is 0 Å². The maximum Gasteiger partial charge on any atom is 0.263 e. The van der Waals surface area contributed by atoms with E-state index in [2.05, 4.69) is 30.8 Å². The molecule has 0 saturated carbocycles. The van der Waals surface area contributed by atoms with Gasteiger partial charge in [0.15, 0.2) is 5.96 Å². The Morgan fingerprint density at radius 3 is 2.44 bits per heavy atom. The highest BCUT2D eigenvalue weighted by Crippen LogP contribution is 2.11. The average Bonchev–Trinajstić information content (AvgIpc) is 2.91. The molecule has 0 aromatic carbocycles. The highest BCUT2D eigenvalue weighted by molar-refractivity contribution is 14.0. The van der Waals surface area contributed by atoms with E-state index in [1.165, 1.54) is 50.1 Å². The molecule has 2 rings (SSSR count). The minimum Gasteiger partial charge on any atom is -0.356 e. The molecular weight excluding hydrogens is 475 g/mol. The van der Waals surface area contributed by atoms with Gasteiger partial charge in [0, 0.05) is 26.7 Å². The van der Waals surface area contributed by atoms with Crippen molar-refractivity contribution in [3.8, 4) is 0 Å². The molecule has 154 valence electrons. The SMILES string of the molecule is CN=C(NCCCN1CCCCCC1)NCCNC(=O)c1scnc1C.I. The number of aryl methyl sites for hydroxylation is 1. The van der Waals surface area contributed by atoms with Crippen molar-refractivity contribution in [2.24, 2.45) is 4.99 Å². The molecule has 1 aromatic rings. The van der Waals surface area contributed by atoms with Crippen LogP contribution in [0.5, 0.6) is 0 Å². The molecule has 1 aliphatic rings. The third-order valence-corrected chi connectivity index (χ3v) is 5.45. The number of guanidine groups is 1. The van der Waals surface area contributed by atoms with E-state index < -0.39 is 0 Å². The maximum atomic E-state index is 12.0. The van der Waals surface area contributed by atoms with E-state index >= 15 is 0 Å². The summed E-state index contributed by atoms with van der Waals surface area (Å²) in [6.45, 7) is 7.57. The molecule has 2 heterocycles. The van der Waals surface area contributed by atoms with Gasteiger partial charge in [-0.25, -0.2) is 4.98 Å². The van der Waals surface area contributed by atoms with E-state index in [-0.39, 0.29) is 29.9 Å². The number of nitrogens with zero attached hydrogens (tertiary/aromatic N) is 3. The smallest absolute Gasteiger partial charge is 0.263 e. The molecule has 7 nitrogen and oxygen atoms in total. The van der Waals surface area contributed by atoms with Gasteiger partial charge in [0.25, 0.3) is 5.91 Å². The fourth-order valence-electron chi connectivity index (χ4n) is 3.05. The predicted molar refractivity (Wildman–Crippen MR) is 123 cm³/mol. The Bertz CT molecular complexity index is 572. The predicted octanol–water partition coefficient (Wildman–Crippen LogP) is 2.23. The number of carbonyl (C=O) groups is 1. The van der Waals surface area contributed by atoms with Crippen LogP contribution in [0, 0.1) is 6.92 Å². The molecule has 0 radical (unpaired) electrons. The van der Waals surface area contributed by atoms with Crippen molar-refractivity contribution >= 4 is 47.2 Å². The number of hydrogen-bond acceptors (Lipinski definition) is 5. The summed E-state index contributed by atoms with van der Waals surface area (Å²) in [6, 6.07) is 0. The zero-order valence-electron chi connectivity index (χ0n) is 16.4. The summed E-state index contributed by atoms with van der Waals surface area (Å²) in [6.07, 6.45) is 6.55. The summed E-state index contributed by atoms with van der Waals surface area (Å²) in [5, 5.41) is 9.47. The summed E-state index contributed by atoms with van der Waals surface area (Å²) in [5.74, 6) is 0.719. The van der Waals surface area contributed by atoms with Gasteiger partial charge in [-0.05, 0) is 45.8 Å². The van der Waals surface area contributed by atoms with Gasteiger partial charge in [-0.3, -0.25) is 9.79 Å². The standard InChI is InChI=1S/C18H32N6OS.HI/c1-15-16(26-14-23-15)17(25)20-9-10-22-18(19-2)21-8-7-13-24-11-5-3-4-6-12-24;/h14H,3-13H2,1-2H3,(H,20,25)(H2,19,21,22);1H. The summed E-state index contributed by atoms with van der Waals surface area (Å²) in [4.78, 5) is 23.6. The minimum atomic E-state index is -0.0628. The van der Waals surface area contributed by atoms with Crippen molar-refractivity contribution in [2.75, 3.05) is 46.3 Å². The van der Waals surface area contributed by atoms with Crippen LogP contribution in [0.15, 0.2) is 10.5 Å². The van der Waals surface area contributed by atoms with Crippen LogP contribution in [0.4, 0.5) is 0 Å². The van der Waals surface area contributed by atoms with Crippen LogP contribution < -0.4 is 16.0 Å². The van der Waals surface area contributed by atoms with Gasteiger partial charge >= 0.3 is 0 Å². The van der Waals surface area contributed by atoms with Crippen LogP contribution in [-0.4, -0.2) is 68.1 Å². The van der Waals surface area contributed by atoms with Gasteiger partial charge in [-0.2, -0.15) is 0 Å². The van der Waals surface area contributed by atoms with Gasteiger partial charge in [-0.1, -0.05) is 12.8 Å². The van der Waals surface area contributed by atoms with E-state index in [1.54, 1.807) is 12.6 Å². The quantitative estimate of drug-likeness (QED) is 0.217. The van der Waals surface area contributed by atoms with E-state index in [1.807, 2.05) is 6.92 Å². The third kappa shape index (κ3) is 9.20. The number of thiazole rings is 1. The zero-order valence-corrected chi connectivity index (χ0v) is 19.6. The Kier molecular flexibility index (Phi) is 12.6. The van der Waals surface area contributed by atoms with Gasteiger partial charge in [-0.15, -0.1) is 35.3 Å². The molecule has 1 aromatic heterocycles. The highest BCUT2D eigenvalue weighted by atomic mass is 127. The van der Waals surface area contributed by atoms with Crippen molar-refractivity contribution in [2.45, 2.75) is 39.0 Å². The Labute approximate surface area is 183 Å². The highest BCUT2D eigenvalue weighted by Gasteiger charge is 2.11. The molecule has 27 heavy (non-hydrogen) atoms. The lowest BCUT2D eigenvalue weighted by Crippen LogP contribution is -2.42. The van der Waals surface area contributed by atoms with Crippen LogP contribution in [0.2, 0.25) is 0 Å². The molecule has 0 bridgehead atoms. The molecule has 0 aliphatic carbocycles. The van der Waals surface area contributed by atoms with Crippen LogP contribution in [0.25, 0.3) is 0 Å². The van der Waals surface area contributed by atoms with Gasteiger partial charge in [0.05, 0.1) is 11.2 Å². The van der Waals surface area contributed by atoms with Crippen molar-refractivity contribution in [3.05, 3.63) is 16.1 Å². The molecule has 9 heteroatoms. The topological polar surface area (TPSA) is 81.7 Å². The first-order valence-electron chi connectivity index (χ1n) is 9.56. The second kappa shape index (κ2) is 14.1. The third-order valence-electron chi connectivity index (χ3n) is 4.52. The molecule has 0 unspecified atom stereocenters. The fraction of sp³-hybridized carbons (Fsp3) is 0.722. The Morgan fingerprint density at radius 2 is 1.81 bits per heavy atom. The number of aliphatic imine (C=N–C) groups is 1. The number of aromatic nitrogens is 1. The molecule has 1 fully saturated rings. The second-order valence-corrected chi connectivity index (χ2v) is 7.41. The lowest BCUT2D eigenvalue weighted by molar-refractivity contribution is 0.0957. The van der Waals surface area contributed by atoms with Crippen LogP contribution in [0.1, 0.15) is 47.5 Å². The van der Waals surface area contributed by atoms with Crippen molar-refractivity contribution < 1.29 is 4.79 Å². The summed E-state index contributed by atoms with van der Waals surface area (Å²) in [5.41, 5.74) is 2.47. The van der Waals surface area contributed by atoms with E-state index in [0.717, 1.165) is 31.2 Å². The summed E-state index contributed by atoms with van der Waals surface area (Å²) < 4.78 is 0. The normalized spacial score (nSPS) is 15.6. The van der Waals surface area contributed by atoms with Crippen molar-refractivity contribution in [1.29, 1.82) is 0 Å². The van der Waals surface area contributed by atoms with E-state index in [4.69, 9.17) is 0 Å². The van der Waals surface area contributed by atoms with E-state index in [0.29, 0.717) is 18.0 Å². The number of rotatable bonds is 8. The lowest BCUT2D eigenvalue weighted by Gasteiger charge is -2.20. The average molecular weight is 508 g/mol. The van der Waals surface area contributed by atoms with Crippen LogP contribution in [-0.2, 0) is 0 Å². The molecule has 0 spiro atoms. The maximum absolute atomic E-state index is 12.0. The van der Waals surface area contributed by atoms with Crippen LogP contribution >= 0.6 is 35.3 Å². The van der Waals surface area contributed by atoms with Crippen molar-refractivity contribution in [1.82, 2.24) is 25.8 Å². The van der Waals surface area contributed by atoms with Gasteiger partial charge in [0.1, 0.15) is 4.88 Å². The lowest BCUT2D eigenvalue weighted by atomic mass is 10.2. The molecule has 1 aliphatic heterocycles. The van der Waals surface area contributed by atoms with Crippen molar-refractivity contribution in [3.63, 3.8) is 0 Å². The monoisotopic (exact) mass is 508 g/mol. The first-order valence-corrected chi connectivity index (χ1v) is 10.4. The number of carbonyl (C=O) groups excluding carboxylic acids is 1. The second-order valence-electron chi connectivity index (χ2n) is 6.56. The molecule has 3 N–H and O–H groups in total. The van der Waals surface area contributed by atoms with Crippen LogP contribution in [0.3, 0.4) is 0 Å². The number of amides is 1. The van der Waals surface area contributed by atoms with E-state index in [9.17, 15) is 4.79 Å². The largest absolute Gasteiger partial charge is 0.356 e.